The molecular formula is C15H18N4O3. The molecule has 2 heterocycles. The van der Waals surface area contributed by atoms with Gasteiger partial charge in [-0.1, -0.05) is 6.07 Å². The summed E-state index contributed by atoms with van der Waals surface area (Å²) in [7, 11) is 0. The number of urea groups is 1. The maximum Gasteiger partial charge on any atom is 0.319 e. The monoisotopic (exact) mass is 302 g/mol. The van der Waals surface area contributed by atoms with E-state index in [1.807, 2.05) is 32.0 Å². The van der Waals surface area contributed by atoms with Crippen molar-refractivity contribution in [3.05, 3.63) is 35.2 Å². The quantitative estimate of drug-likeness (QED) is 0.810. The SMILES string of the molecule is Cc1n[nH]c(C)c1NC(=O)NCc1ccc2c(c1)OCCO2. The van der Waals surface area contributed by atoms with Gasteiger partial charge in [0.15, 0.2) is 11.5 Å². The Kier molecular flexibility index (Phi) is 3.86. The number of ether oxygens (including phenoxy) is 2. The van der Waals surface area contributed by atoms with Crippen LogP contribution >= 0.6 is 0 Å². The van der Waals surface area contributed by atoms with E-state index in [1.54, 1.807) is 0 Å². The largest absolute Gasteiger partial charge is 0.486 e. The lowest BCUT2D eigenvalue weighted by atomic mass is 10.2. The molecule has 0 spiro atoms. The van der Waals surface area contributed by atoms with Gasteiger partial charge in [-0.25, -0.2) is 4.79 Å². The highest BCUT2D eigenvalue weighted by Gasteiger charge is 2.13. The standard InChI is InChI=1S/C15H18N4O3/c1-9-14(10(2)19-18-9)17-15(20)16-8-11-3-4-12-13(7-11)22-6-5-21-12/h3-4,7H,5-6,8H2,1-2H3,(H,18,19)(H2,16,17,20). The van der Waals surface area contributed by atoms with Crippen molar-refractivity contribution < 1.29 is 14.3 Å². The summed E-state index contributed by atoms with van der Waals surface area (Å²) in [5.41, 5.74) is 3.23. The van der Waals surface area contributed by atoms with Crippen LogP contribution in [0.4, 0.5) is 10.5 Å². The number of rotatable bonds is 3. The molecule has 3 N–H and O–H groups in total. The Hall–Kier alpha value is -2.70. The van der Waals surface area contributed by atoms with Crippen LogP contribution in [0.15, 0.2) is 18.2 Å². The number of benzene rings is 1. The molecule has 0 saturated carbocycles. The molecule has 1 aliphatic rings. The predicted molar refractivity (Wildman–Crippen MR) is 81.4 cm³/mol. The third kappa shape index (κ3) is 2.98. The van der Waals surface area contributed by atoms with Crippen molar-refractivity contribution in [1.82, 2.24) is 15.5 Å². The molecule has 0 unspecified atom stereocenters. The Bertz CT molecular complexity index is 677. The minimum absolute atomic E-state index is 0.275. The topological polar surface area (TPSA) is 88.3 Å². The summed E-state index contributed by atoms with van der Waals surface area (Å²) in [6.45, 7) is 5.20. The second-order valence-electron chi connectivity index (χ2n) is 5.09. The van der Waals surface area contributed by atoms with E-state index in [1.165, 1.54) is 0 Å². The summed E-state index contributed by atoms with van der Waals surface area (Å²) in [6.07, 6.45) is 0. The molecule has 2 amide bonds. The van der Waals surface area contributed by atoms with Crippen LogP contribution in [-0.4, -0.2) is 29.4 Å². The first-order chi connectivity index (χ1) is 10.6. The van der Waals surface area contributed by atoms with E-state index in [0.717, 1.165) is 22.7 Å². The summed E-state index contributed by atoms with van der Waals surface area (Å²) in [4.78, 5) is 12.0. The van der Waals surface area contributed by atoms with Crippen molar-refractivity contribution in [2.24, 2.45) is 0 Å². The molecule has 1 aromatic carbocycles. The smallest absolute Gasteiger partial charge is 0.319 e. The molecule has 7 nitrogen and oxygen atoms in total. The van der Waals surface area contributed by atoms with Crippen LogP contribution in [-0.2, 0) is 6.54 Å². The number of anilines is 1. The average molecular weight is 302 g/mol. The van der Waals surface area contributed by atoms with Crippen LogP contribution in [0.2, 0.25) is 0 Å². The maximum atomic E-state index is 12.0. The molecule has 0 saturated heterocycles. The summed E-state index contributed by atoms with van der Waals surface area (Å²) in [6, 6.07) is 5.36. The van der Waals surface area contributed by atoms with Gasteiger partial charge in [0.2, 0.25) is 0 Å². The Labute approximate surface area is 128 Å². The Morgan fingerprint density at radius 1 is 1.27 bits per heavy atom. The number of H-pyrrole nitrogens is 1. The number of nitrogens with one attached hydrogen (secondary N) is 3. The van der Waals surface area contributed by atoms with Crippen molar-refractivity contribution in [3.63, 3.8) is 0 Å². The van der Waals surface area contributed by atoms with E-state index in [2.05, 4.69) is 20.8 Å². The normalized spacial score (nSPS) is 12.8. The number of aryl methyl sites for hydroxylation is 2. The van der Waals surface area contributed by atoms with Gasteiger partial charge in [-0.3, -0.25) is 5.10 Å². The van der Waals surface area contributed by atoms with Crippen LogP contribution in [0.3, 0.4) is 0 Å². The number of amides is 2. The minimum atomic E-state index is -0.275. The van der Waals surface area contributed by atoms with Crippen LogP contribution in [0.5, 0.6) is 11.5 Å². The number of aromatic amines is 1. The van der Waals surface area contributed by atoms with Crippen LogP contribution < -0.4 is 20.1 Å². The lowest BCUT2D eigenvalue weighted by Crippen LogP contribution is -2.28. The number of hydrogen-bond donors (Lipinski definition) is 3. The maximum absolute atomic E-state index is 12.0. The highest BCUT2D eigenvalue weighted by atomic mass is 16.6. The van der Waals surface area contributed by atoms with Crippen molar-refractivity contribution in [3.8, 4) is 11.5 Å². The lowest BCUT2D eigenvalue weighted by molar-refractivity contribution is 0.171. The Morgan fingerprint density at radius 2 is 2.05 bits per heavy atom. The Balaban J connectivity index is 1.59. The second-order valence-corrected chi connectivity index (χ2v) is 5.09. The van der Waals surface area contributed by atoms with Crippen LogP contribution in [0, 0.1) is 13.8 Å². The van der Waals surface area contributed by atoms with Crippen LogP contribution in [0.1, 0.15) is 17.0 Å². The lowest BCUT2D eigenvalue weighted by Gasteiger charge is -2.19. The van der Waals surface area contributed by atoms with E-state index >= 15 is 0 Å². The number of aromatic nitrogens is 2. The molecular weight excluding hydrogens is 284 g/mol. The minimum Gasteiger partial charge on any atom is -0.486 e. The molecule has 0 atom stereocenters. The van der Waals surface area contributed by atoms with E-state index < -0.39 is 0 Å². The number of carbonyl (C=O) groups is 1. The molecule has 0 aliphatic carbocycles. The van der Waals surface area contributed by atoms with Gasteiger partial charge in [-0.05, 0) is 31.5 Å². The third-order valence-corrected chi connectivity index (χ3v) is 3.43. The fraction of sp³-hybridized carbons (Fsp3) is 0.333. The van der Waals surface area contributed by atoms with Crippen molar-refractivity contribution >= 4 is 11.7 Å². The zero-order valence-electron chi connectivity index (χ0n) is 12.5. The molecule has 7 heteroatoms. The molecule has 1 aliphatic heterocycles. The number of carbonyl (C=O) groups excluding carboxylic acids is 1. The van der Waals surface area contributed by atoms with Gasteiger partial charge < -0.3 is 20.1 Å². The molecule has 3 rings (SSSR count). The van der Waals surface area contributed by atoms with E-state index in [9.17, 15) is 4.79 Å². The highest BCUT2D eigenvalue weighted by molar-refractivity contribution is 5.90. The van der Waals surface area contributed by atoms with Gasteiger partial charge in [-0.2, -0.15) is 5.10 Å². The molecule has 1 aromatic heterocycles. The average Bonchev–Trinajstić information content (AvgIpc) is 2.84. The molecule has 0 fully saturated rings. The summed E-state index contributed by atoms with van der Waals surface area (Å²) < 4.78 is 11.0. The fourth-order valence-corrected chi connectivity index (χ4v) is 2.27. The fourth-order valence-electron chi connectivity index (χ4n) is 2.27. The summed E-state index contributed by atoms with van der Waals surface area (Å²) in [5.74, 6) is 1.46. The van der Waals surface area contributed by atoms with Crippen molar-refractivity contribution in [1.29, 1.82) is 0 Å². The number of hydrogen-bond acceptors (Lipinski definition) is 4. The Morgan fingerprint density at radius 3 is 2.77 bits per heavy atom. The number of fused-ring (bicyclic) bond motifs is 1. The van der Waals surface area contributed by atoms with Gasteiger partial charge in [0.05, 0.1) is 17.1 Å². The van der Waals surface area contributed by atoms with Gasteiger partial charge in [-0.15, -0.1) is 0 Å². The first kappa shape index (κ1) is 14.2. The van der Waals surface area contributed by atoms with Crippen molar-refractivity contribution in [2.75, 3.05) is 18.5 Å². The number of nitrogens with zero attached hydrogens (tertiary/aromatic N) is 1. The zero-order valence-corrected chi connectivity index (χ0v) is 12.5. The summed E-state index contributed by atoms with van der Waals surface area (Å²) in [5, 5.41) is 12.5. The van der Waals surface area contributed by atoms with Gasteiger partial charge >= 0.3 is 6.03 Å². The van der Waals surface area contributed by atoms with Crippen LogP contribution in [0.25, 0.3) is 0 Å². The third-order valence-electron chi connectivity index (χ3n) is 3.43. The molecule has 116 valence electrons. The van der Waals surface area contributed by atoms with E-state index in [0.29, 0.717) is 31.2 Å². The summed E-state index contributed by atoms with van der Waals surface area (Å²) >= 11 is 0. The zero-order chi connectivity index (χ0) is 15.5. The molecule has 0 bridgehead atoms. The predicted octanol–water partition coefficient (Wildman–Crippen LogP) is 2.12. The van der Waals surface area contributed by atoms with Gasteiger partial charge in [0.1, 0.15) is 13.2 Å². The second kappa shape index (κ2) is 5.97. The highest BCUT2D eigenvalue weighted by Crippen LogP contribution is 2.30. The molecule has 22 heavy (non-hydrogen) atoms. The molecule has 2 aromatic rings. The first-order valence-electron chi connectivity index (χ1n) is 7.08. The first-order valence-corrected chi connectivity index (χ1v) is 7.08. The van der Waals surface area contributed by atoms with E-state index in [-0.39, 0.29) is 6.03 Å². The van der Waals surface area contributed by atoms with Gasteiger partial charge in [0, 0.05) is 6.54 Å². The van der Waals surface area contributed by atoms with E-state index in [4.69, 9.17) is 9.47 Å². The molecule has 0 radical (unpaired) electrons. The van der Waals surface area contributed by atoms with Gasteiger partial charge in [0.25, 0.3) is 0 Å². The van der Waals surface area contributed by atoms with Crippen molar-refractivity contribution in [2.45, 2.75) is 20.4 Å².